The molecule has 1 aromatic carbocycles. The second-order valence-electron chi connectivity index (χ2n) is 5.27. The number of anilines is 1. The molecule has 1 aliphatic heterocycles. The summed E-state index contributed by atoms with van der Waals surface area (Å²) < 4.78 is 0. The Morgan fingerprint density at radius 2 is 1.50 bits per heavy atom. The summed E-state index contributed by atoms with van der Waals surface area (Å²) in [7, 11) is 0. The first kappa shape index (κ1) is 12.8. The van der Waals surface area contributed by atoms with Crippen LogP contribution in [0.5, 0.6) is 0 Å². The molecule has 1 heterocycles. The Morgan fingerprint density at radius 3 is 1.95 bits per heavy atom. The van der Waals surface area contributed by atoms with Gasteiger partial charge in [0.05, 0.1) is 17.5 Å². The first-order valence-corrected chi connectivity index (χ1v) is 6.73. The number of carbonyl (C=O) groups is 3. The molecule has 0 aromatic heterocycles. The highest BCUT2D eigenvalue weighted by molar-refractivity contribution is 6.22. The summed E-state index contributed by atoms with van der Waals surface area (Å²) in [6, 6.07) is 6.63. The van der Waals surface area contributed by atoms with Crippen molar-refractivity contribution in [2.45, 2.75) is 19.8 Å². The standard InChI is InChI=1S/C16H15NO3/c1-10(18)11-6-8-12(9-7-11)17-15(19)13-4-2-3-5-14(13)16(17)20/h2-3,6-9,13-14H,4-5H2,1H3/t13-,14-/m1/s1. The van der Waals surface area contributed by atoms with Crippen molar-refractivity contribution >= 4 is 23.3 Å². The van der Waals surface area contributed by atoms with Gasteiger partial charge in [-0.15, -0.1) is 0 Å². The fourth-order valence-corrected chi connectivity index (χ4v) is 2.90. The maximum atomic E-state index is 12.4. The van der Waals surface area contributed by atoms with Gasteiger partial charge in [-0.25, -0.2) is 0 Å². The van der Waals surface area contributed by atoms with Crippen molar-refractivity contribution in [2.75, 3.05) is 4.90 Å². The van der Waals surface area contributed by atoms with Crippen LogP contribution in [-0.4, -0.2) is 17.6 Å². The zero-order valence-electron chi connectivity index (χ0n) is 11.2. The van der Waals surface area contributed by atoms with E-state index in [0.717, 1.165) is 0 Å². The van der Waals surface area contributed by atoms with Gasteiger partial charge in [-0.1, -0.05) is 12.2 Å². The first-order chi connectivity index (χ1) is 9.59. The van der Waals surface area contributed by atoms with E-state index in [1.807, 2.05) is 12.2 Å². The van der Waals surface area contributed by atoms with E-state index in [1.54, 1.807) is 24.3 Å². The van der Waals surface area contributed by atoms with Crippen LogP contribution in [0.2, 0.25) is 0 Å². The van der Waals surface area contributed by atoms with E-state index in [4.69, 9.17) is 0 Å². The molecule has 2 amide bonds. The molecule has 0 saturated carbocycles. The first-order valence-electron chi connectivity index (χ1n) is 6.73. The molecule has 2 atom stereocenters. The maximum absolute atomic E-state index is 12.4. The van der Waals surface area contributed by atoms with Crippen molar-refractivity contribution in [1.82, 2.24) is 0 Å². The fraction of sp³-hybridized carbons (Fsp3) is 0.312. The third-order valence-corrected chi connectivity index (χ3v) is 4.04. The predicted octanol–water partition coefficient (Wildman–Crippen LogP) is 2.34. The number of fused-ring (bicyclic) bond motifs is 1. The van der Waals surface area contributed by atoms with Gasteiger partial charge < -0.3 is 0 Å². The third kappa shape index (κ3) is 1.88. The summed E-state index contributed by atoms with van der Waals surface area (Å²) >= 11 is 0. The molecular weight excluding hydrogens is 254 g/mol. The highest BCUT2D eigenvalue weighted by Gasteiger charge is 2.47. The Hall–Kier alpha value is -2.23. The van der Waals surface area contributed by atoms with Gasteiger partial charge in [0.15, 0.2) is 5.78 Å². The molecule has 0 spiro atoms. The van der Waals surface area contributed by atoms with Crippen molar-refractivity contribution in [2.24, 2.45) is 11.8 Å². The van der Waals surface area contributed by atoms with Gasteiger partial charge in [-0.3, -0.25) is 19.3 Å². The summed E-state index contributed by atoms with van der Waals surface area (Å²) in [5.74, 6) is -0.728. The minimum atomic E-state index is -0.222. The van der Waals surface area contributed by atoms with Gasteiger partial charge in [0.2, 0.25) is 11.8 Å². The highest BCUT2D eigenvalue weighted by Crippen LogP contribution is 2.37. The molecule has 1 saturated heterocycles. The van der Waals surface area contributed by atoms with Crippen molar-refractivity contribution in [3.8, 4) is 0 Å². The van der Waals surface area contributed by atoms with E-state index in [2.05, 4.69) is 0 Å². The lowest BCUT2D eigenvalue weighted by molar-refractivity contribution is -0.122. The van der Waals surface area contributed by atoms with Gasteiger partial charge in [0.25, 0.3) is 0 Å². The van der Waals surface area contributed by atoms with Crippen LogP contribution in [0.15, 0.2) is 36.4 Å². The molecule has 2 aliphatic rings. The molecule has 1 aliphatic carbocycles. The van der Waals surface area contributed by atoms with Gasteiger partial charge in [0.1, 0.15) is 0 Å². The van der Waals surface area contributed by atoms with Crippen LogP contribution in [0, 0.1) is 11.8 Å². The topological polar surface area (TPSA) is 54.5 Å². The number of ketones is 1. The van der Waals surface area contributed by atoms with E-state index in [9.17, 15) is 14.4 Å². The molecule has 3 rings (SSSR count). The van der Waals surface area contributed by atoms with E-state index in [-0.39, 0.29) is 29.4 Å². The highest BCUT2D eigenvalue weighted by atomic mass is 16.2. The Kier molecular flexibility index (Phi) is 3.01. The molecule has 0 unspecified atom stereocenters. The van der Waals surface area contributed by atoms with Gasteiger partial charge in [0, 0.05) is 5.56 Å². The number of imide groups is 1. The molecule has 1 aromatic rings. The average molecular weight is 269 g/mol. The van der Waals surface area contributed by atoms with Crippen LogP contribution in [0.3, 0.4) is 0 Å². The second kappa shape index (κ2) is 4.71. The Balaban J connectivity index is 1.92. The monoisotopic (exact) mass is 269 g/mol. The summed E-state index contributed by atoms with van der Waals surface area (Å²) in [5.41, 5.74) is 1.13. The van der Waals surface area contributed by atoms with Crippen molar-refractivity contribution in [1.29, 1.82) is 0 Å². The molecule has 0 N–H and O–H groups in total. The lowest BCUT2D eigenvalue weighted by Crippen LogP contribution is -2.30. The number of allylic oxidation sites excluding steroid dienone is 2. The van der Waals surface area contributed by atoms with Crippen molar-refractivity contribution in [3.63, 3.8) is 0 Å². The smallest absolute Gasteiger partial charge is 0.238 e. The lowest BCUT2D eigenvalue weighted by atomic mass is 9.85. The Bertz CT molecular complexity index is 589. The molecular formula is C16H15NO3. The minimum Gasteiger partial charge on any atom is -0.295 e. The Labute approximate surface area is 117 Å². The van der Waals surface area contributed by atoms with E-state index in [1.165, 1.54) is 11.8 Å². The molecule has 4 heteroatoms. The van der Waals surface area contributed by atoms with Crippen LogP contribution < -0.4 is 4.90 Å². The number of hydrogen-bond donors (Lipinski definition) is 0. The number of carbonyl (C=O) groups excluding carboxylic acids is 3. The quantitative estimate of drug-likeness (QED) is 0.470. The second-order valence-corrected chi connectivity index (χ2v) is 5.27. The summed E-state index contributed by atoms with van der Waals surface area (Å²) in [5, 5.41) is 0. The molecule has 0 bridgehead atoms. The molecule has 102 valence electrons. The maximum Gasteiger partial charge on any atom is 0.238 e. The summed E-state index contributed by atoms with van der Waals surface area (Å²) in [6.07, 6.45) is 5.21. The predicted molar refractivity (Wildman–Crippen MR) is 74.3 cm³/mol. The molecule has 4 nitrogen and oxygen atoms in total. The number of benzene rings is 1. The number of nitrogens with zero attached hydrogens (tertiary/aromatic N) is 1. The number of amides is 2. The van der Waals surface area contributed by atoms with E-state index in [0.29, 0.717) is 24.1 Å². The lowest BCUT2D eigenvalue weighted by Gasteiger charge is -2.14. The largest absolute Gasteiger partial charge is 0.295 e. The number of hydrogen-bond acceptors (Lipinski definition) is 3. The zero-order chi connectivity index (χ0) is 14.3. The van der Waals surface area contributed by atoms with Crippen LogP contribution >= 0.6 is 0 Å². The summed E-state index contributed by atoms with van der Waals surface area (Å²) in [4.78, 5) is 37.3. The van der Waals surface area contributed by atoms with Crippen molar-refractivity contribution < 1.29 is 14.4 Å². The summed E-state index contributed by atoms with van der Waals surface area (Å²) in [6.45, 7) is 1.49. The van der Waals surface area contributed by atoms with Crippen LogP contribution in [-0.2, 0) is 9.59 Å². The Morgan fingerprint density at radius 1 is 1.00 bits per heavy atom. The van der Waals surface area contributed by atoms with Crippen LogP contribution in [0.1, 0.15) is 30.1 Å². The molecule has 0 radical (unpaired) electrons. The van der Waals surface area contributed by atoms with Gasteiger partial charge in [-0.2, -0.15) is 0 Å². The fourth-order valence-electron chi connectivity index (χ4n) is 2.90. The van der Waals surface area contributed by atoms with Crippen molar-refractivity contribution in [3.05, 3.63) is 42.0 Å². The average Bonchev–Trinajstić information content (AvgIpc) is 2.72. The van der Waals surface area contributed by atoms with E-state index >= 15 is 0 Å². The zero-order valence-corrected chi connectivity index (χ0v) is 11.2. The van der Waals surface area contributed by atoms with E-state index < -0.39 is 0 Å². The van der Waals surface area contributed by atoms with Gasteiger partial charge in [-0.05, 0) is 44.0 Å². The number of Topliss-reactive ketones (excluding diaryl/α,β-unsaturated/α-hetero) is 1. The SMILES string of the molecule is CC(=O)c1ccc(N2C(=O)[C@@H]3CC=CC[C@H]3C2=O)cc1. The normalized spacial score (nSPS) is 24.9. The molecule has 1 fully saturated rings. The van der Waals surface area contributed by atoms with Crippen LogP contribution in [0.4, 0.5) is 5.69 Å². The van der Waals surface area contributed by atoms with Gasteiger partial charge >= 0.3 is 0 Å². The molecule has 20 heavy (non-hydrogen) atoms. The van der Waals surface area contributed by atoms with Crippen LogP contribution in [0.25, 0.3) is 0 Å². The minimum absolute atomic E-state index is 0.0338. The number of rotatable bonds is 2. The third-order valence-electron chi connectivity index (χ3n) is 4.04.